The predicted molar refractivity (Wildman–Crippen MR) is 109 cm³/mol. The van der Waals surface area contributed by atoms with Crippen LogP contribution in [-0.4, -0.2) is 39.5 Å². The lowest BCUT2D eigenvalue weighted by molar-refractivity contribution is 0.289. The van der Waals surface area contributed by atoms with Crippen molar-refractivity contribution in [3.05, 3.63) is 48.0 Å². The van der Waals surface area contributed by atoms with Gasteiger partial charge in [0.05, 0.1) is 4.90 Å². The van der Waals surface area contributed by atoms with Crippen LogP contribution in [0.4, 0.5) is 5.69 Å². The summed E-state index contributed by atoms with van der Waals surface area (Å²) in [7, 11) is -3.21. The third kappa shape index (κ3) is 4.86. The minimum atomic E-state index is -3.21. The van der Waals surface area contributed by atoms with E-state index in [4.69, 9.17) is 5.11 Å². The third-order valence-corrected chi connectivity index (χ3v) is 5.59. The van der Waals surface area contributed by atoms with Gasteiger partial charge in [-0.2, -0.15) is 0 Å². The molecule has 4 nitrogen and oxygen atoms in total. The van der Waals surface area contributed by atoms with Crippen LogP contribution in [0, 0.1) is 0 Å². The van der Waals surface area contributed by atoms with Gasteiger partial charge in [0.15, 0.2) is 9.84 Å². The Labute approximate surface area is 157 Å². The van der Waals surface area contributed by atoms with Crippen molar-refractivity contribution in [1.29, 1.82) is 0 Å². The monoisotopic (exact) mass is 375 g/mol. The molecule has 2 aromatic rings. The number of aliphatic hydroxyl groups is 1. The Kier molecular flexibility index (Phi) is 7.23. The highest BCUT2D eigenvalue weighted by molar-refractivity contribution is 7.90. The molecule has 0 aliphatic carbocycles. The highest BCUT2D eigenvalue weighted by Gasteiger charge is 2.17. The molecule has 0 spiro atoms. The lowest BCUT2D eigenvalue weighted by Gasteiger charge is -2.31. The second-order valence-corrected chi connectivity index (χ2v) is 8.33. The molecule has 0 unspecified atom stereocenters. The molecular weight excluding hydrogens is 346 g/mol. The zero-order valence-corrected chi connectivity index (χ0v) is 16.7. The molecule has 0 saturated heterocycles. The van der Waals surface area contributed by atoms with Gasteiger partial charge in [-0.05, 0) is 54.2 Å². The molecule has 142 valence electrons. The number of anilines is 1. The van der Waals surface area contributed by atoms with Crippen molar-refractivity contribution < 1.29 is 13.5 Å². The van der Waals surface area contributed by atoms with Crippen LogP contribution < -0.4 is 4.90 Å². The molecule has 1 heterocycles. The van der Waals surface area contributed by atoms with Crippen LogP contribution >= 0.6 is 0 Å². The number of aliphatic hydroxyl groups excluding tert-OH is 1. The molecular formula is C21H29NO3S. The van der Waals surface area contributed by atoms with Gasteiger partial charge in [0.2, 0.25) is 0 Å². The Bertz CT molecular complexity index is 831. The van der Waals surface area contributed by atoms with Crippen LogP contribution in [0.2, 0.25) is 0 Å². The first-order chi connectivity index (χ1) is 12.5. The predicted octanol–water partition coefficient (Wildman–Crippen LogP) is 3.92. The number of benzene rings is 2. The van der Waals surface area contributed by atoms with Gasteiger partial charge in [-0.1, -0.05) is 38.1 Å². The molecule has 0 bridgehead atoms. The fourth-order valence-corrected chi connectivity index (χ4v) is 3.90. The Morgan fingerprint density at radius 3 is 2.50 bits per heavy atom. The molecule has 0 saturated carbocycles. The molecule has 0 aromatic heterocycles. The molecule has 0 atom stereocenters. The highest BCUT2D eigenvalue weighted by Crippen LogP contribution is 2.32. The van der Waals surface area contributed by atoms with Gasteiger partial charge in [0.1, 0.15) is 0 Å². The molecule has 5 heteroatoms. The smallest absolute Gasteiger partial charge is 0.175 e. The van der Waals surface area contributed by atoms with Gasteiger partial charge >= 0.3 is 0 Å². The quantitative estimate of drug-likeness (QED) is 0.861. The molecule has 0 fully saturated rings. The number of hydrogen-bond donors (Lipinski definition) is 1. The van der Waals surface area contributed by atoms with E-state index in [1.165, 1.54) is 17.5 Å². The van der Waals surface area contributed by atoms with Gasteiger partial charge in [-0.3, -0.25) is 0 Å². The lowest BCUT2D eigenvalue weighted by atomic mass is 9.96. The van der Waals surface area contributed by atoms with Crippen LogP contribution in [0.3, 0.4) is 0 Å². The molecule has 1 aliphatic rings. The van der Waals surface area contributed by atoms with Crippen LogP contribution in [0.25, 0.3) is 11.1 Å². The zero-order valence-electron chi connectivity index (χ0n) is 15.9. The van der Waals surface area contributed by atoms with E-state index in [0.29, 0.717) is 4.90 Å². The maximum Gasteiger partial charge on any atom is 0.175 e. The molecule has 1 aliphatic heterocycles. The van der Waals surface area contributed by atoms with Gasteiger partial charge in [-0.25, -0.2) is 8.42 Å². The zero-order chi connectivity index (χ0) is 19.2. The van der Waals surface area contributed by atoms with E-state index in [0.717, 1.165) is 43.5 Å². The van der Waals surface area contributed by atoms with E-state index in [1.807, 2.05) is 19.9 Å². The van der Waals surface area contributed by atoms with E-state index in [2.05, 4.69) is 23.1 Å². The number of aryl methyl sites for hydroxylation is 1. The second kappa shape index (κ2) is 9.19. The number of fused-ring (bicyclic) bond motifs is 1. The first kappa shape index (κ1) is 20.5. The topological polar surface area (TPSA) is 57.6 Å². The van der Waals surface area contributed by atoms with Crippen molar-refractivity contribution in [3.63, 3.8) is 0 Å². The maximum absolute atomic E-state index is 11.8. The number of nitrogens with zero attached hydrogens (tertiary/aromatic N) is 1. The van der Waals surface area contributed by atoms with Crippen LogP contribution in [0.15, 0.2) is 47.4 Å². The van der Waals surface area contributed by atoms with Crippen molar-refractivity contribution in [1.82, 2.24) is 0 Å². The normalized spacial score (nSPS) is 13.6. The summed E-state index contributed by atoms with van der Waals surface area (Å²) in [6.07, 6.45) is 4.18. The van der Waals surface area contributed by atoms with Crippen LogP contribution in [-0.2, 0) is 16.3 Å². The second-order valence-electron chi connectivity index (χ2n) is 6.31. The summed E-state index contributed by atoms with van der Waals surface area (Å²) in [5, 5.41) is 9.10. The summed E-state index contributed by atoms with van der Waals surface area (Å²) < 4.78 is 23.6. The molecule has 1 N–H and O–H groups in total. The van der Waals surface area contributed by atoms with Gasteiger partial charge < -0.3 is 10.0 Å². The fourth-order valence-electron chi connectivity index (χ4n) is 3.23. The Morgan fingerprint density at radius 1 is 1.08 bits per heavy atom. The molecule has 26 heavy (non-hydrogen) atoms. The summed E-state index contributed by atoms with van der Waals surface area (Å²) in [5.74, 6) is 0. The standard InChI is InChI=1S/C19H23NO3S.C2H6/c1-24(22,23)18-7-2-5-16(13-18)17-9-8-15-6-3-10-20(11-4-12-21)19(15)14-17;1-2/h2,5,7-9,13-14,21H,3-4,6,10-12H2,1H3;1-2H3. The molecule has 3 rings (SSSR count). The Hall–Kier alpha value is -1.85. The summed E-state index contributed by atoms with van der Waals surface area (Å²) in [4.78, 5) is 2.66. The summed E-state index contributed by atoms with van der Waals surface area (Å²) in [6.45, 7) is 6.04. The molecule has 2 aromatic carbocycles. The van der Waals surface area contributed by atoms with Crippen LogP contribution in [0.1, 0.15) is 32.3 Å². The summed E-state index contributed by atoms with van der Waals surface area (Å²) in [6, 6.07) is 13.4. The van der Waals surface area contributed by atoms with E-state index in [9.17, 15) is 8.42 Å². The van der Waals surface area contributed by atoms with Crippen LogP contribution in [0.5, 0.6) is 0 Å². The number of hydrogen-bond acceptors (Lipinski definition) is 4. The van der Waals surface area contributed by atoms with E-state index in [1.54, 1.807) is 18.2 Å². The first-order valence-electron chi connectivity index (χ1n) is 9.28. The first-order valence-corrected chi connectivity index (χ1v) is 11.2. The van der Waals surface area contributed by atoms with Gasteiger partial charge in [0.25, 0.3) is 0 Å². The Balaban J connectivity index is 0.00000117. The SMILES string of the molecule is CC.CS(=O)(=O)c1cccc(-c2ccc3c(c2)N(CCCO)CCC3)c1. The van der Waals surface area contributed by atoms with Crippen molar-refractivity contribution in [2.45, 2.75) is 38.0 Å². The molecule has 0 amide bonds. The number of rotatable bonds is 5. The minimum absolute atomic E-state index is 0.196. The van der Waals surface area contributed by atoms with Gasteiger partial charge in [-0.15, -0.1) is 0 Å². The lowest BCUT2D eigenvalue weighted by Crippen LogP contribution is -2.30. The van der Waals surface area contributed by atoms with E-state index < -0.39 is 9.84 Å². The molecule has 0 radical (unpaired) electrons. The Morgan fingerprint density at radius 2 is 1.81 bits per heavy atom. The van der Waals surface area contributed by atoms with Gasteiger partial charge in [0, 0.05) is 31.6 Å². The number of sulfone groups is 1. The van der Waals surface area contributed by atoms with Crippen molar-refractivity contribution >= 4 is 15.5 Å². The fraction of sp³-hybridized carbons (Fsp3) is 0.429. The maximum atomic E-state index is 11.8. The summed E-state index contributed by atoms with van der Waals surface area (Å²) >= 11 is 0. The van der Waals surface area contributed by atoms with Crippen molar-refractivity contribution in [3.8, 4) is 11.1 Å². The average Bonchev–Trinajstić information content (AvgIpc) is 2.67. The largest absolute Gasteiger partial charge is 0.396 e. The third-order valence-electron chi connectivity index (χ3n) is 4.48. The van der Waals surface area contributed by atoms with E-state index in [-0.39, 0.29) is 6.61 Å². The summed E-state index contributed by atoms with van der Waals surface area (Å²) in [5.41, 5.74) is 4.46. The van der Waals surface area contributed by atoms with Crippen molar-refractivity contribution in [2.24, 2.45) is 0 Å². The average molecular weight is 376 g/mol. The minimum Gasteiger partial charge on any atom is -0.396 e. The highest BCUT2D eigenvalue weighted by atomic mass is 32.2. The van der Waals surface area contributed by atoms with Crippen molar-refractivity contribution in [2.75, 3.05) is 30.9 Å². The van der Waals surface area contributed by atoms with E-state index >= 15 is 0 Å².